The van der Waals surface area contributed by atoms with Crippen molar-refractivity contribution in [3.05, 3.63) is 34.5 Å². The van der Waals surface area contributed by atoms with Crippen molar-refractivity contribution in [3.63, 3.8) is 0 Å². The van der Waals surface area contributed by atoms with Crippen molar-refractivity contribution in [3.8, 4) is 0 Å². The Balaban J connectivity index is 1.95. The summed E-state index contributed by atoms with van der Waals surface area (Å²) < 4.78 is 26.7. The van der Waals surface area contributed by atoms with Crippen molar-refractivity contribution >= 4 is 21.4 Å². The normalized spacial score (nSPS) is 11.8. The first-order chi connectivity index (χ1) is 9.62. The van der Waals surface area contributed by atoms with Crippen LogP contribution in [0.15, 0.2) is 28.7 Å². The van der Waals surface area contributed by atoms with Crippen LogP contribution in [-0.2, 0) is 23.1 Å². The Bertz CT molecular complexity index is 620. The van der Waals surface area contributed by atoms with Gasteiger partial charge in [-0.15, -0.1) is 11.3 Å². The van der Waals surface area contributed by atoms with Crippen LogP contribution in [0.2, 0.25) is 0 Å². The van der Waals surface area contributed by atoms with Crippen LogP contribution >= 0.6 is 11.3 Å². The van der Waals surface area contributed by atoms with Crippen LogP contribution < -0.4 is 10.0 Å². The highest BCUT2D eigenvalue weighted by Gasteiger charge is 2.16. The van der Waals surface area contributed by atoms with E-state index in [1.807, 2.05) is 5.38 Å². The molecule has 0 fully saturated rings. The lowest BCUT2D eigenvalue weighted by Crippen LogP contribution is -2.22. The van der Waals surface area contributed by atoms with Gasteiger partial charge in [0.1, 0.15) is 5.01 Å². The van der Waals surface area contributed by atoms with Crippen molar-refractivity contribution in [2.24, 2.45) is 0 Å². The summed E-state index contributed by atoms with van der Waals surface area (Å²) in [5.74, 6) is 0. The van der Waals surface area contributed by atoms with Gasteiger partial charge in [-0.3, -0.25) is 0 Å². The molecule has 0 aliphatic rings. The second-order valence-corrected chi connectivity index (χ2v) is 7.03. The molecule has 2 aromatic heterocycles. The van der Waals surface area contributed by atoms with Crippen LogP contribution in [0.5, 0.6) is 0 Å². The topological polar surface area (TPSA) is 86.9 Å². The monoisotopic (exact) mass is 314 g/mol. The molecule has 0 spiro atoms. The van der Waals surface area contributed by atoms with E-state index in [1.165, 1.54) is 17.5 Å². The SMILES string of the molecule is CCCNCc1cc(S(=O)(=O)NCc2nccs2)c[nH]1. The minimum atomic E-state index is -3.49. The molecular weight excluding hydrogens is 296 g/mol. The fraction of sp³-hybridized carbons (Fsp3) is 0.417. The number of hydrogen-bond donors (Lipinski definition) is 3. The van der Waals surface area contributed by atoms with Crippen LogP contribution in [-0.4, -0.2) is 24.9 Å². The maximum absolute atomic E-state index is 12.1. The quantitative estimate of drug-likeness (QED) is 0.644. The number of rotatable bonds is 8. The molecule has 3 N–H and O–H groups in total. The Labute approximate surface area is 122 Å². The number of aromatic nitrogens is 2. The van der Waals surface area contributed by atoms with E-state index in [2.05, 4.69) is 26.9 Å². The third-order valence-electron chi connectivity index (χ3n) is 2.67. The predicted octanol–water partition coefficient (Wildman–Crippen LogP) is 1.45. The lowest BCUT2D eigenvalue weighted by Gasteiger charge is -2.02. The Kier molecular flexibility index (Phi) is 5.30. The standard InChI is InChI=1S/C12H18N4O2S2/c1-2-3-13-7-10-6-11(8-15-10)20(17,18)16-9-12-14-4-5-19-12/h4-6,8,13,15-16H,2-3,7,9H2,1H3. The number of thiazole rings is 1. The second-order valence-electron chi connectivity index (χ2n) is 4.29. The minimum absolute atomic E-state index is 0.217. The summed E-state index contributed by atoms with van der Waals surface area (Å²) >= 11 is 1.42. The molecule has 0 aliphatic heterocycles. The van der Waals surface area contributed by atoms with E-state index in [0.717, 1.165) is 23.7 Å². The van der Waals surface area contributed by atoms with Crippen LogP contribution in [0.25, 0.3) is 0 Å². The molecular formula is C12H18N4O2S2. The highest BCUT2D eigenvalue weighted by molar-refractivity contribution is 7.89. The highest BCUT2D eigenvalue weighted by atomic mass is 32.2. The van der Waals surface area contributed by atoms with Crippen LogP contribution in [0.4, 0.5) is 0 Å². The van der Waals surface area contributed by atoms with E-state index < -0.39 is 10.0 Å². The maximum Gasteiger partial charge on any atom is 0.242 e. The Morgan fingerprint density at radius 1 is 1.40 bits per heavy atom. The van der Waals surface area contributed by atoms with E-state index in [-0.39, 0.29) is 11.4 Å². The number of hydrogen-bond acceptors (Lipinski definition) is 5. The molecule has 0 unspecified atom stereocenters. The fourth-order valence-electron chi connectivity index (χ4n) is 1.66. The molecule has 6 nitrogen and oxygen atoms in total. The van der Waals surface area contributed by atoms with Gasteiger partial charge in [-0.1, -0.05) is 6.92 Å². The second kappa shape index (κ2) is 6.98. The molecule has 2 heterocycles. The van der Waals surface area contributed by atoms with E-state index in [1.54, 1.807) is 12.3 Å². The van der Waals surface area contributed by atoms with E-state index in [9.17, 15) is 8.42 Å². The number of nitrogens with one attached hydrogen (secondary N) is 3. The van der Waals surface area contributed by atoms with Gasteiger partial charge in [-0.25, -0.2) is 18.1 Å². The van der Waals surface area contributed by atoms with Crippen molar-refractivity contribution in [2.75, 3.05) is 6.54 Å². The molecule has 2 rings (SSSR count). The molecule has 20 heavy (non-hydrogen) atoms. The van der Waals surface area contributed by atoms with E-state index in [4.69, 9.17) is 0 Å². The Hall–Kier alpha value is -1.22. The third kappa shape index (κ3) is 4.14. The molecule has 0 bridgehead atoms. The van der Waals surface area contributed by atoms with Crippen molar-refractivity contribution in [1.29, 1.82) is 0 Å². The van der Waals surface area contributed by atoms with Gasteiger partial charge in [0.15, 0.2) is 0 Å². The average Bonchev–Trinajstić information content (AvgIpc) is 3.08. The Morgan fingerprint density at radius 3 is 2.95 bits per heavy atom. The van der Waals surface area contributed by atoms with Gasteiger partial charge in [-0.05, 0) is 19.0 Å². The summed E-state index contributed by atoms with van der Waals surface area (Å²) in [4.78, 5) is 7.26. The zero-order valence-corrected chi connectivity index (χ0v) is 12.9. The summed E-state index contributed by atoms with van der Waals surface area (Å²) in [6.45, 7) is 3.84. The zero-order chi connectivity index (χ0) is 14.4. The largest absolute Gasteiger partial charge is 0.363 e. The first-order valence-electron chi connectivity index (χ1n) is 6.38. The van der Waals surface area contributed by atoms with Crippen molar-refractivity contribution in [2.45, 2.75) is 31.3 Å². The summed E-state index contributed by atoms with van der Waals surface area (Å²) in [6.07, 6.45) is 4.20. The van der Waals surface area contributed by atoms with Crippen molar-refractivity contribution in [1.82, 2.24) is 20.0 Å². The molecule has 0 aliphatic carbocycles. The summed E-state index contributed by atoms with van der Waals surface area (Å²) in [7, 11) is -3.49. The zero-order valence-electron chi connectivity index (χ0n) is 11.2. The average molecular weight is 314 g/mol. The van der Waals surface area contributed by atoms with Crippen molar-refractivity contribution < 1.29 is 8.42 Å². The lowest BCUT2D eigenvalue weighted by molar-refractivity contribution is 0.581. The molecule has 0 saturated heterocycles. The van der Waals surface area contributed by atoms with Crippen LogP contribution in [0, 0.1) is 0 Å². The Morgan fingerprint density at radius 2 is 2.25 bits per heavy atom. The summed E-state index contributed by atoms with van der Waals surface area (Å²) in [6, 6.07) is 1.65. The first kappa shape index (κ1) is 15.2. The highest BCUT2D eigenvalue weighted by Crippen LogP contribution is 2.12. The predicted molar refractivity (Wildman–Crippen MR) is 78.9 cm³/mol. The molecule has 0 atom stereocenters. The minimum Gasteiger partial charge on any atom is -0.363 e. The van der Waals surface area contributed by atoms with Gasteiger partial charge < -0.3 is 10.3 Å². The summed E-state index contributed by atoms with van der Waals surface area (Å²) in [5.41, 5.74) is 0.855. The molecule has 0 aromatic carbocycles. The van der Waals surface area contributed by atoms with E-state index >= 15 is 0 Å². The van der Waals surface area contributed by atoms with Gasteiger partial charge in [0.25, 0.3) is 0 Å². The van der Waals surface area contributed by atoms with Crippen LogP contribution in [0.1, 0.15) is 24.0 Å². The first-order valence-corrected chi connectivity index (χ1v) is 8.74. The fourth-order valence-corrected chi connectivity index (χ4v) is 3.31. The van der Waals surface area contributed by atoms with Gasteiger partial charge in [0.2, 0.25) is 10.0 Å². The van der Waals surface area contributed by atoms with Gasteiger partial charge in [0.05, 0.1) is 11.4 Å². The number of H-pyrrole nitrogens is 1. The van der Waals surface area contributed by atoms with Crippen LogP contribution in [0.3, 0.4) is 0 Å². The van der Waals surface area contributed by atoms with E-state index in [0.29, 0.717) is 6.54 Å². The number of nitrogens with zero attached hydrogens (tertiary/aromatic N) is 1. The molecule has 0 radical (unpaired) electrons. The molecule has 0 amide bonds. The summed E-state index contributed by atoms with van der Waals surface area (Å²) in [5, 5.41) is 5.78. The molecule has 8 heteroatoms. The number of aromatic amines is 1. The lowest BCUT2D eigenvalue weighted by atomic mass is 10.4. The number of sulfonamides is 1. The maximum atomic E-state index is 12.1. The smallest absolute Gasteiger partial charge is 0.242 e. The third-order valence-corrected chi connectivity index (χ3v) is 4.83. The molecule has 110 valence electrons. The molecule has 0 saturated carbocycles. The molecule has 2 aromatic rings. The van der Waals surface area contributed by atoms with Gasteiger partial charge in [0, 0.05) is 30.0 Å². The van der Waals surface area contributed by atoms with Gasteiger partial charge in [-0.2, -0.15) is 0 Å². The van der Waals surface area contributed by atoms with Gasteiger partial charge >= 0.3 is 0 Å².